The predicted octanol–water partition coefficient (Wildman–Crippen LogP) is 3.08. The third-order valence-electron chi connectivity index (χ3n) is 5.37. The summed E-state index contributed by atoms with van der Waals surface area (Å²) >= 11 is 0. The van der Waals surface area contributed by atoms with Crippen LogP contribution in [0.15, 0.2) is 49.1 Å². The molecule has 27 heavy (non-hydrogen) atoms. The minimum Gasteiger partial charge on any atom is -0.381 e. The van der Waals surface area contributed by atoms with E-state index in [-0.39, 0.29) is 6.04 Å². The molecule has 1 aliphatic rings. The summed E-state index contributed by atoms with van der Waals surface area (Å²) in [4.78, 5) is 4.62. The van der Waals surface area contributed by atoms with Gasteiger partial charge in [0.25, 0.3) is 0 Å². The Kier molecular flexibility index (Phi) is 5.36. The SMILES string of the molecule is Cn1cc(-c2cccc(CNC(c3nccn3C)C3CCOCC3)c2)cn1. The number of hydrogen-bond donors (Lipinski definition) is 1. The van der Waals surface area contributed by atoms with Crippen molar-refractivity contribution in [2.45, 2.75) is 25.4 Å². The standard InChI is InChI=1S/C21H27N5O/c1-25-9-8-22-21(25)20(17-6-10-27-11-7-17)23-13-16-4-3-5-18(12-16)19-14-24-26(2)15-19/h3-5,8-9,12,14-15,17,20,23H,6-7,10-11,13H2,1-2H3. The first-order valence-corrected chi connectivity index (χ1v) is 9.57. The fraction of sp³-hybridized carbons (Fsp3) is 0.429. The molecule has 6 heteroatoms. The average molecular weight is 365 g/mol. The number of ether oxygens (including phenoxy) is 1. The summed E-state index contributed by atoms with van der Waals surface area (Å²) in [5.74, 6) is 1.65. The van der Waals surface area contributed by atoms with E-state index >= 15 is 0 Å². The van der Waals surface area contributed by atoms with Crippen LogP contribution in [0.3, 0.4) is 0 Å². The van der Waals surface area contributed by atoms with Crippen molar-refractivity contribution in [1.29, 1.82) is 0 Å². The van der Waals surface area contributed by atoms with Gasteiger partial charge in [-0.05, 0) is 36.0 Å². The minimum atomic E-state index is 0.232. The average Bonchev–Trinajstić information content (AvgIpc) is 3.32. The largest absolute Gasteiger partial charge is 0.381 e. The number of aryl methyl sites for hydroxylation is 2. The van der Waals surface area contributed by atoms with Crippen LogP contribution >= 0.6 is 0 Å². The molecule has 6 nitrogen and oxygen atoms in total. The molecule has 142 valence electrons. The Labute approximate surface area is 160 Å². The first kappa shape index (κ1) is 17.9. The fourth-order valence-corrected chi connectivity index (χ4v) is 3.85. The van der Waals surface area contributed by atoms with Crippen LogP contribution in [0.25, 0.3) is 11.1 Å². The maximum atomic E-state index is 5.56. The molecule has 0 amide bonds. The van der Waals surface area contributed by atoms with E-state index in [2.05, 4.69) is 51.3 Å². The lowest BCUT2D eigenvalue weighted by atomic mass is 9.91. The highest BCUT2D eigenvalue weighted by Crippen LogP contribution is 2.29. The van der Waals surface area contributed by atoms with E-state index in [1.807, 2.05) is 36.5 Å². The van der Waals surface area contributed by atoms with Crippen molar-refractivity contribution in [1.82, 2.24) is 24.6 Å². The lowest BCUT2D eigenvalue weighted by Gasteiger charge is -2.30. The molecule has 2 aromatic heterocycles. The van der Waals surface area contributed by atoms with Gasteiger partial charge in [0.05, 0.1) is 12.2 Å². The van der Waals surface area contributed by atoms with Crippen LogP contribution in [0.1, 0.15) is 30.3 Å². The quantitative estimate of drug-likeness (QED) is 0.729. The number of imidazole rings is 1. The molecule has 3 aromatic rings. The van der Waals surface area contributed by atoms with Crippen LogP contribution < -0.4 is 5.32 Å². The Bertz CT molecular complexity index is 878. The Balaban J connectivity index is 1.51. The smallest absolute Gasteiger partial charge is 0.125 e. The van der Waals surface area contributed by atoms with Gasteiger partial charge in [0.1, 0.15) is 5.82 Å². The summed E-state index contributed by atoms with van der Waals surface area (Å²) in [6, 6.07) is 8.89. The van der Waals surface area contributed by atoms with Crippen LogP contribution in [-0.4, -0.2) is 32.5 Å². The highest BCUT2D eigenvalue weighted by atomic mass is 16.5. The first-order valence-electron chi connectivity index (χ1n) is 9.57. The van der Waals surface area contributed by atoms with Crippen LogP contribution in [0.2, 0.25) is 0 Å². The molecule has 0 saturated carbocycles. The molecule has 0 spiro atoms. The van der Waals surface area contributed by atoms with Gasteiger partial charge in [-0.3, -0.25) is 4.68 Å². The van der Waals surface area contributed by atoms with E-state index in [4.69, 9.17) is 4.74 Å². The van der Waals surface area contributed by atoms with Gasteiger partial charge in [-0.25, -0.2) is 4.98 Å². The third-order valence-corrected chi connectivity index (χ3v) is 5.37. The molecule has 0 aliphatic carbocycles. The lowest BCUT2D eigenvalue weighted by molar-refractivity contribution is 0.0518. The second-order valence-electron chi connectivity index (χ2n) is 7.31. The van der Waals surface area contributed by atoms with E-state index in [9.17, 15) is 0 Å². The van der Waals surface area contributed by atoms with E-state index in [0.717, 1.165) is 44.0 Å². The molecule has 1 fully saturated rings. The molecule has 1 N–H and O–H groups in total. The summed E-state index contributed by atoms with van der Waals surface area (Å²) in [6.45, 7) is 2.48. The van der Waals surface area contributed by atoms with Gasteiger partial charge < -0.3 is 14.6 Å². The van der Waals surface area contributed by atoms with Gasteiger partial charge in [-0.2, -0.15) is 5.10 Å². The molecule has 3 heterocycles. The Morgan fingerprint density at radius 1 is 1.22 bits per heavy atom. The van der Waals surface area contributed by atoms with E-state index in [1.54, 1.807) is 0 Å². The van der Waals surface area contributed by atoms with Crippen LogP contribution in [0.5, 0.6) is 0 Å². The maximum Gasteiger partial charge on any atom is 0.125 e. The van der Waals surface area contributed by atoms with Gasteiger partial charge in [0.15, 0.2) is 0 Å². The highest BCUT2D eigenvalue weighted by molar-refractivity contribution is 5.62. The second-order valence-corrected chi connectivity index (χ2v) is 7.31. The number of hydrogen-bond acceptors (Lipinski definition) is 4. The van der Waals surface area contributed by atoms with Crippen LogP contribution in [0, 0.1) is 5.92 Å². The summed E-state index contributed by atoms with van der Waals surface area (Å²) in [7, 11) is 4.01. The number of nitrogens with zero attached hydrogens (tertiary/aromatic N) is 4. The molecule has 1 atom stereocenters. The molecule has 1 unspecified atom stereocenters. The van der Waals surface area contributed by atoms with Crippen LogP contribution in [-0.2, 0) is 25.4 Å². The van der Waals surface area contributed by atoms with Gasteiger partial charge >= 0.3 is 0 Å². The summed E-state index contributed by atoms with van der Waals surface area (Å²) in [5.41, 5.74) is 3.61. The fourth-order valence-electron chi connectivity index (χ4n) is 3.85. The molecule has 1 aliphatic heterocycles. The number of benzene rings is 1. The molecular weight excluding hydrogens is 338 g/mol. The van der Waals surface area contributed by atoms with Gasteiger partial charge in [-0.15, -0.1) is 0 Å². The molecule has 0 radical (unpaired) electrons. The monoisotopic (exact) mass is 365 g/mol. The van der Waals surface area contributed by atoms with Crippen molar-refractivity contribution in [2.24, 2.45) is 20.0 Å². The second kappa shape index (κ2) is 8.06. The minimum absolute atomic E-state index is 0.232. The zero-order chi connectivity index (χ0) is 18.6. The Morgan fingerprint density at radius 3 is 2.78 bits per heavy atom. The Hall–Kier alpha value is -2.44. The third kappa shape index (κ3) is 4.12. The molecule has 4 rings (SSSR count). The normalized spacial score (nSPS) is 16.5. The van der Waals surface area contributed by atoms with Crippen molar-refractivity contribution >= 4 is 0 Å². The van der Waals surface area contributed by atoms with Crippen molar-refractivity contribution in [2.75, 3.05) is 13.2 Å². The van der Waals surface area contributed by atoms with E-state index < -0.39 is 0 Å². The topological polar surface area (TPSA) is 56.9 Å². The van der Waals surface area contributed by atoms with E-state index in [1.165, 1.54) is 11.1 Å². The van der Waals surface area contributed by atoms with Crippen molar-refractivity contribution in [3.05, 3.63) is 60.4 Å². The Morgan fingerprint density at radius 2 is 2.07 bits per heavy atom. The van der Waals surface area contributed by atoms with Gasteiger partial charge in [0, 0.05) is 58.0 Å². The van der Waals surface area contributed by atoms with Crippen molar-refractivity contribution in [3.63, 3.8) is 0 Å². The zero-order valence-corrected chi connectivity index (χ0v) is 16.0. The number of rotatable bonds is 6. The molecular formula is C21H27N5O. The highest BCUT2D eigenvalue weighted by Gasteiger charge is 2.27. The predicted molar refractivity (Wildman–Crippen MR) is 105 cm³/mol. The van der Waals surface area contributed by atoms with Gasteiger partial charge in [0.2, 0.25) is 0 Å². The van der Waals surface area contributed by atoms with E-state index in [0.29, 0.717) is 5.92 Å². The summed E-state index contributed by atoms with van der Waals surface area (Å²) in [6.07, 6.45) is 10.00. The summed E-state index contributed by atoms with van der Waals surface area (Å²) in [5, 5.41) is 8.05. The van der Waals surface area contributed by atoms with Gasteiger partial charge in [-0.1, -0.05) is 18.2 Å². The van der Waals surface area contributed by atoms with Crippen molar-refractivity contribution in [3.8, 4) is 11.1 Å². The van der Waals surface area contributed by atoms with Crippen molar-refractivity contribution < 1.29 is 4.74 Å². The maximum absolute atomic E-state index is 5.56. The molecule has 1 aromatic carbocycles. The lowest BCUT2D eigenvalue weighted by Crippen LogP contribution is -2.33. The molecule has 0 bridgehead atoms. The van der Waals surface area contributed by atoms with Crippen LogP contribution in [0.4, 0.5) is 0 Å². The molecule has 1 saturated heterocycles. The number of aromatic nitrogens is 4. The summed E-state index contributed by atoms with van der Waals surface area (Å²) < 4.78 is 9.52. The zero-order valence-electron chi connectivity index (χ0n) is 16.0. The first-order chi connectivity index (χ1) is 13.2. The number of nitrogens with one attached hydrogen (secondary N) is 1.